The Morgan fingerprint density at radius 3 is 2.17 bits per heavy atom. The van der Waals surface area contributed by atoms with Crippen molar-refractivity contribution in [1.29, 1.82) is 0 Å². The Labute approximate surface area is 73.2 Å². The molecule has 12 heavy (non-hydrogen) atoms. The highest BCUT2D eigenvalue weighted by atomic mass is 16.1. The number of carbonyl (C=O) groups is 1. The molecule has 1 fully saturated rings. The van der Waals surface area contributed by atoms with Crippen molar-refractivity contribution in [2.75, 3.05) is 13.1 Å². The Bertz CT molecular complexity index is 212. The van der Waals surface area contributed by atoms with Gasteiger partial charge in [-0.2, -0.15) is 0 Å². The van der Waals surface area contributed by atoms with Crippen LogP contribution in [0, 0.1) is 0 Å². The summed E-state index contributed by atoms with van der Waals surface area (Å²) in [4.78, 5) is 13.1. The van der Waals surface area contributed by atoms with Gasteiger partial charge >= 0.3 is 0 Å². The highest BCUT2D eigenvalue weighted by Gasteiger charge is 2.21. The summed E-state index contributed by atoms with van der Waals surface area (Å²) in [7, 11) is 0. The van der Waals surface area contributed by atoms with Gasteiger partial charge in [-0.05, 0) is 12.8 Å². The minimum Gasteiger partial charge on any atom is -0.374 e. The van der Waals surface area contributed by atoms with Crippen LogP contribution in [0.2, 0.25) is 0 Å². The highest BCUT2D eigenvalue weighted by Crippen LogP contribution is 2.22. The molecule has 1 heterocycles. The first-order valence-corrected chi connectivity index (χ1v) is 4.84. The van der Waals surface area contributed by atoms with Gasteiger partial charge in [0.15, 0.2) is 5.78 Å². The van der Waals surface area contributed by atoms with Gasteiger partial charge in [-0.1, -0.05) is 12.8 Å². The van der Waals surface area contributed by atoms with Crippen molar-refractivity contribution in [2.24, 2.45) is 0 Å². The van der Waals surface area contributed by atoms with E-state index >= 15 is 0 Å². The number of hydrogen-bond donors (Lipinski definition) is 0. The number of likely N-dealkylation sites (tertiary alicyclic amines) is 1. The molecule has 2 aliphatic rings. The molecule has 66 valence electrons. The second-order valence-electron chi connectivity index (χ2n) is 3.68. The Kier molecular flexibility index (Phi) is 2.15. The molecule has 1 aliphatic carbocycles. The van der Waals surface area contributed by atoms with Gasteiger partial charge in [0.1, 0.15) is 0 Å². The molecule has 1 saturated heterocycles. The van der Waals surface area contributed by atoms with Crippen LogP contribution in [0.25, 0.3) is 0 Å². The summed E-state index contributed by atoms with van der Waals surface area (Å²) in [5.74, 6) is 0.300. The molecule has 0 amide bonds. The van der Waals surface area contributed by atoms with Crippen LogP contribution < -0.4 is 0 Å². The lowest BCUT2D eigenvalue weighted by atomic mass is 10.0. The first kappa shape index (κ1) is 7.84. The largest absolute Gasteiger partial charge is 0.374 e. The zero-order valence-corrected chi connectivity index (χ0v) is 7.38. The molecule has 2 nitrogen and oxygen atoms in total. The van der Waals surface area contributed by atoms with E-state index < -0.39 is 0 Å². The van der Waals surface area contributed by atoms with Gasteiger partial charge in [-0.15, -0.1) is 0 Å². The van der Waals surface area contributed by atoms with Crippen molar-refractivity contribution in [2.45, 2.75) is 32.1 Å². The van der Waals surface area contributed by atoms with Crippen LogP contribution in [-0.4, -0.2) is 23.8 Å². The van der Waals surface area contributed by atoms with Gasteiger partial charge in [0.2, 0.25) is 0 Å². The topological polar surface area (TPSA) is 20.3 Å². The maximum absolute atomic E-state index is 10.7. The quantitative estimate of drug-likeness (QED) is 0.589. The van der Waals surface area contributed by atoms with Gasteiger partial charge < -0.3 is 4.90 Å². The average Bonchev–Trinajstić information content (AvgIpc) is 2.26. The third-order valence-electron chi connectivity index (χ3n) is 2.70. The molecule has 0 bridgehead atoms. The lowest BCUT2D eigenvalue weighted by molar-refractivity contribution is -0.116. The summed E-state index contributed by atoms with van der Waals surface area (Å²) in [6, 6.07) is 0. The third kappa shape index (κ3) is 1.52. The van der Waals surface area contributed by atoms with Crippen LogP contribution in [0.3, 0.4) is 0 Å². The molecular formula is C10H15NO. The fourth-order valence-corrected chi connectivity index (χ4v) is 1.90. The van der Waals surface area contributed by atoms with Crippen LogP contribution >= 0.6 is 0 Å². The summed E-state index contributed by atoms with van der Waals surface area (Å²) in [5, 5.41) is 0. The molecule has 0 aromatic rings. The standard InChI is InChI=1S/C10H15NO/c12-10-7-9(8-10)11-5-3-1-2-4-6-11/h7H,1-6,8H2. The van der Waals surface area contributed by atoms with Crippen molar-refractivity contribution >= 4 is 5.78 Å². The molecule has 2 rings (SSSR count). The Morgan fingerprint density at radius 1 is 1.08 bits per heavy atom. The minimum absolute atomic E-state index is 0.300. The summed E-state index contributed by atoms with van der Waals surface area (Å²) < 4.78 is 0. The molecule has 0 aromatic heterocycles. The van der Waals surface area contributed by atoms with Gasteiger partial charge in [-0.25, -0.2) is 0 Å². The van der Waals surface area contributed by atoms with Crippen molar-refractivity contribution in [3.8, 4) is 0 Å². The smallest absolute Gasteiger partial charge is 0.163 e. The molecule has 0 spiro atoms. The van der Waals surface area contributed by atoms with Gasteiger partial charge in [0.05, 0.1) is 6.42 Å². The van der Waals surface area contributed by atoms with Crippen LogP contribution in [0.5, 0.6) is 0 Å². The monoisotopic (exact) mass is 165 g/mol. The molecule has 0 atom stereocenters. The average molecular weight is 165 g/mol. The summed E-state index contributed by atoms with van der Waals surface area (Å²) >= 11 is 0. The van der Waals surface area contributed by atoms with E-state index in [1.54, 1.807) is 6.08 Å². The van der Waals surface area contributed by atoms with Gasteiger partial charge in [0, 0.05) is 24.9 Å². The SMILES string of the molecule is O=C1C=C(N2CCCCCC2)C1. The number of allylic oxidation sites excluding steroid dienone is 2. The van der Waals surface area contributed by atoms with Gasteiger partial charge in [-0.3, -0.25) is 4.79 Å². The molecule has 0 aromatic carbocycles. The van der Waals surface area contributed by atoms with E-state index in [4.69, 9.17) is 0 Å². The molecule has 2 heteroatoms. The summed E-state index contributed by atoms with van der Waals surface area (Å²) in [6.07, 6.45) is 7.80. The van der Waals surface area contributed by atoms with E-state index in [0.717, 1.165) is 0 Å². The van der Waals surface area contributed by atoms with E-state index in [9.17, 15) is 4.79 Å². The number of hydrogen-bond acceptors (Lipinski definition) is 2. The maximum atomic E-state index is 10.7. The third-order valence-corrected chi connectivity index (χ3v) is 2.70. The second-order valence-corrected chi connectivity index (χ2v) is 3.68. The predicted octanol–water partition coefficient (Wildman–Crippen LogP) is 1.72. The normalized spacial score (nSPS) is 24.5. The molecular weight excluding hydrogens is 150 g/mol. The minimum atomic E-state index is 0.300. The fourth-order valence-electron chi connectivity index (χ4n) is 1.90. The van der Waals surface area contributed by atoms with Crippen molar-refractivity contribution in [3.05, 3.63) is 11.8 Å². The van der Waals surface area contributed by atoms with Gasteiger partial charge in [0.25, 0.3) is 0 Å². The van der Waals surface area contributed by atoms with E-state index in [2.05, 4.69) is 4.90 Å². The lowest BCUT2D eigenvalue weighted by Gasteiger charge is -2.29. The number of ketones is 1. The summed E-state index contributed by atoms with van der Waals surface area (Å²) in [6.45, 7) is 2.33. The van der Waals surface area contributed by atoms with Crippen molar-refractivity contribution in [3.63, 3.8) is 0 Å². The zero-order chi connectivity index (χ0) is 8.39. The Hall–Kier alpha value is -0.790. The Morgan fingerprint density at radius 2 is 1.67 bits per heavy atom. The lowest BCUT2D eigenvalue weighted by Crippen LogP contribution is -2.30. The van der Waals surface area contributed by atoms with Crippen LogP contribution in [0.4, 0.5) is 0 Å². The van der Waals surface area contributed by atoms with Crippen LogP contribution in [0.1, 0.15) is 32.1 Å². The molecule has 0 N–H and O–H groups in total. The predicted molar refractivity (Wildman–Crippen MR) is 47.7 cm³/mol. The summed E-state index contributed by atoms with van der Waals surface area (Å²) in [5.41, 5.74) is 1.28. The van der Waals surface area contributed by atoms with Crippen molar-refractivity contribution < 1.29 is 4.79 Å². The first-order valence-electron chi connectivity index (χ1n) is 4.84. The molecule has 0 saturated carbocycles. The molecule has 0 radical (unpaired) electrons. The van der Waals surface area contributed by atoms with Crippen LogP contribution in [-0.2, 0) is 4.79 Å². The van der Waals surface area contributed by atoms with E-state index in [1.165, 1.54) is 44.5 Å². The second kappa shape index (κ2) is 3.30. The zero-order valence-electron chi connectivity index (χ0n) is 7.38. The highest BCUT2D eigenvalue weighted by molar-refractivity contribution is 5.98. The maximum Gasteiger partial charge on any atom is 0.163 e. The molecule has 0 unspecified atom stereocenters. The Balaban J connectivity index is 1.94. The van der Waals surface area contributed by atoms with E-state index in [1.807, 2.05) is 0 Å². The van der Waals surface area contributed by atoms with E-state index in [-0.39, 0.29) is 0 Å². The first-order chi connectivity index (χ1) is 5.86. The van der Waals surface area contributed by atoms with Crippen molar-refractivity contribution in [1.82, 2.24) is 4.90 Å². The van der Waals surface area contributed by atoms with Crippen LogP contribution in [0.15, 0.2) is 11.8 Å². The fraction of sp³-hybridized carbons (Fsp3) is 0.700. The number of nitrogens with zero attached hydrogens (tertiary/aromatic N) is 1. The number of rotatable bonds is 1. The van der Waals surface area contributed by atoms with E-state index in [0.29, 0.717) is 12.2 Å². The molecule has 1 aliphatic heterocycles. The number of carbonyl (C=O) groups excluding carboxylic acids is 1.